The fraction of sp³-hybridized carbons (Fsp3) is 0.650. The van der Waals surface area contributed by atoms with Crippen molar-refractivity contribution in [3.63, 3.8) is 0 Å². The van der Waals surface area contributed by atoms with E-state index >= 15 is 0 Å². The second kappa shape index (κ2) is 8.07. The minimum Gasteiger partial charge on any atom is -0.385 e. The van der Waals surface area contributed by atoms with Crippen molar-refractivity contribution >= 4 is 5.78 Å². The Morgan fingerprint density at radius 2 is 1.83 bits per heavy atom. The molecular formula is C20H29NO2. The van der Waals surface area contributed by atoms with Crippen LogP contribution in [0, 0.1) is 5.92 Å². The van der Waals surface area contributed by atoms with Crippen LogP contribution in [0.4, 0.5) is 0 Å². The van der Waals surface area contributed by atoms with Gasteiger partial charge in [0.05, 0.1) is 0 Å². The number of fused-ring (bicyclic) bond motifs is 2. The normalized spacial score (nSPS) is 27.3. The maximum Gasteiger partial charge on any atom is 0.136 e. The lowest BCUT2D eigenvalue weighted by Gasteiger charge is -2.38. The molecule has 0 saturated carbocycles. The van der Waals surface area contributed by atoms with Crippen LogP contribution in [0.15, 0.2) is 30.3 Å². The number of benzene rings is 1. The van der Waals surface area contributed by atoms with Crippen molar-refractivity contribution in [2.24, 2.45) is 5.92 Å². The first-order valence-corrected chi connectivity index (χ1v) is 9.09. The zero-order valence-electron chi connectivity index (χ0n) is 14.2. The fourth-order valence-corrected chi connectivity index (χ4v) is 4.34. The number of hydrogen-bond donors (Lipinski definition) is 0. The predicted molar refractivity (Wildman–Crippen MR) is 92.3 cm³/mol. The Morgan fingerprint density at radius 1 is 1.13 bits per heavy atom. The van der Waals surface area contributed by atoms with Crippen molar-refractivity contribution < 1.29 is 9.53 Å². The average molecular weight is 315 g/mol. The van der Waals surface area contributed by atoms with Crippen LogP contribution in [-0.2, 0) is 16.1 Å². The van der Waals surface area contributed by atoms with Gasteiger partial charge >= 0.3 is 0 Å². The molecule has 0 radical (unpaired) electrons. The van der Waals surface area contributed by atoms with Crippen LogP contribution in [0.2, 0.25) is 0 Å². The van der Waals surface area contributed by atoms with Crippen LogP contribution in [0.1, 0.15) is 50.5 Å². The van der Waals surface area contributed by atoms with Crippen molar-refractivity contribution in [3.05, 3.63) is 35.9 Å². The van der Waals surface area contributed by atoms with Gasteiger partial charge < -0.3 is 4.74 Å². The number of carbonyl (C=O) groups is 1. The molecule has 1 aromatic rings. The summed E-state index contributed by atoms with van der Waals surface area (Å²) in [5, 5.41) is 0. The van der Waals surface area contributed by atoms with Crippen LogP contribution >= 0.6 is 0 Å². The highest BCUT2D eigenvalue weighted by Gasteiger charge is 2.42. The number of Topliss-reactive ketones (excluding diaryl/α,β-unsaturated/α-hetero) is 1. The van der Waals surface area contributed by atoms with Crippen molar-refractivity contribution in [2.75, 3.05) is 13.7 Å². The van der Waals surface area contributed by atoms with E-state index in [2.05, 4.69) is 35.2 Å². The quantitative estimate of drug-likeness (QED) is 0.683. The lowest BCUT2D eigenvalue weighted by atomic mass is 9.85. The zero-order chi connectivity index (χ0) is 16.1. The van der Waals surface area contributed by atoms with Crippen LogP contribution in [0.3, 0.4) is 0 Å². The largest absolute Gasteiger partial charge is 0.385 e. The summed E-state index contributed by atoms with van der Waals surface area (Å²) in [7, 11) is 1.72. The van der Waals surface area contributed by atoms with Crippen molar-refractivity contribution in [1.29, 1.82) is 0 Å². The molecule has 0 aromatic heterocycles. The fourth-order valence-electron chi connectivity index (χ4n) is 4.34. The Balaban J connectivity index is 1.51. The molecule has 126 valence electrons. The Hall–Kier alpha value is -1.19. The lowest BCUT2D eigenvalue weighted by Crippen LogP contribution is -2.44. The van der Waals surface area contributed by atoms with Gasteiger partial charge in [-0.2, -0.15) is 0 Å². The van der Waals surface area contributed by atoms with E-state index in [4.69, 9.17) is 4.74 Å². The molecule has 2 unspecified atom stereocenters. The number of rotatable bonds is 8. The first-order chi connectivity index (χ1) is 11.3. The van der Waals surface area contributed by atoms with Crippen LogP contribution in [0.5, 0.6) is 0 Å². The number of hydrogen-bond acceptors (Lipinski definition) is 3. The number of nitrogens with zero attached hydrogens (tertiary/aromatic N) is 1. The van der Waals surface area contributed by atoms with Gasteiger partial charge in [-0.1, -0.05) is 30.3 Å². The third-order valence-electron chi connectivity index (χ3n) is 5.57. The Labute approximate surface area is 140 Å². The van der Waals surface area contributed by atoms with Crippen LogP contribution in [-0.4, -0.2) is 36.5 Å². The molecule has 1 aromatic carbocycles. The summed E-state index contributed by atoms with van der Waals surface area (Å²) >= 11 is 0. The van der Waals surface area contributed by atoms with Gasteiger partial charge in [-0.25, -0.2) is 0 Å². The number of carbonyl (C=O) groups excluding carboxylic acids is 1. The second-order valence-corrected chi connectivity index (χ2v) is 7.13. The highest BCUT2D eigenvalue weighted by molar-refractivity contribution is 5.81. The molecule has 2 fully saturated rings. The molecule has 23 heavy (non-hydrogen) atoms. The minimum atomic E-state index is 0.307. The van der Waals surface area contributed by atoms with Crippen molar-refractivity contribution in [3.8, 4) is 0 Å². The maximum atomic E-state index is 12.5. The average Bonchev–Trinajstić information content (AvgIpc) is 2.81. The van der Waals surface area contributed by atoms with Gasteiger partial charge in [0.15, 0.2) is 0 Å². The summed E-state index contributed by atoms with van der Waals surface area (Å²) in [5.74, 6) is 0.805. The Morgan fingerprint density at radius 3 is 2.48 bits per heavy atom. The summed E-state index contributed by atoms with van der Waals surface area (Å²) < 4.78 is 5.07. The molecule has 0 spiro atoms. The number of piperidine rings is 1. The third kappa shape index (κ3) is 4.21. The molecule has 0 N–H and O–H groups in total. The summed E-state index contributed by atoms with van der Waals surface area (Å²) in [5.41, 5.74) is 1.40. The molecule has 3 nitrogen and oxygen atoms in total. The molecule has 3 rings (SSSR count). The van der Waals surface area contributed by atoms with Gasteiger partial charge in [0.2, 0.25) is 0 Å². The van der Waals surface area contributed by atoms with E-state index < -0.39 is 0 Å². The topological polar surface area (TPSA) is 29.5 Å². The van der Waals surface area contributed by atoms with Gasteiger partial charge in [0.25, 0.3) is 0 Å². The first-order valence-electron chi connectivity index (χ1n) is 9.09. The molecule has 2 bridgehead atoms. The van der Waals surface area contributed by atoms with E-state index in [-0.39, 0.29) is 0 Å². The van der Waals surface area contributed by atoms with Gasteiger partial charge in [-0.3, -0.25) is 9.69 Å². The van der Waals surface area contributed by atoms with Crippen LogP contribution < -0.4 is 0 Å². The molecular weight excluding hydrogens is 286 g/mol. The SMILES string of the molecule is COCCCCC(=O)C1CC2CCC(C1)N2Cc1ccccc1. The molecule has 2 heterocycles. The monoisotopic (exact) mass is 315 g/mol. The molecule has 2 atom stereocenters. The second-order valence-electron chi connectivity index (χ2n) is 7.13. The number of ketones is 1. The van der Waals surface area contributed by atoms with E-state index in [9.17, 15) is 4.79 Å². The predicted octanol–water partition coefficient (Wildman–Crippen LogP) is 3.82. The molecule has 0 aliphatic carbocycles. The molecule has 3 heteroatoms. The summed E-state index contributed by atoms with van der Waals surface area (Å²) in [6.45, 7) is 1.82. The van der Waals surface area contributed by atoms with Gasteiger partial charge in [-0.15, -0.1) is 0 Å². The van der Waals surface area contributed by atoms with E-state index in [0.29, 0.717) is 23.8 Å². The smallest absolute Gasteiger partial charge is 0.136 e. The Kier molecular flexibility index (Phi) is 5.85. The molecule has 2 saturated heterocycles. The number of ether oxygens (including phenoxy) is 1. The van der Waals surface area contributed by atoms with Gasteiger partial charge in [0, 0.05) is 44.7 Å². The van der Waals surface area contributed by atoms with E-state index in [1.54, 1.807) is 7.11 Å². The number of methoxy groups -OCH3 is 1. The van der Waals surface area contributed by atoms with E-state index in [0.717, 1.165) is 45.3 Å². The van der Waals surface area contributed by atoms with E-state index in [1.807, 2.05) is 0 Å². The van der Waals surface area contributed by atoms with Crippen LogP contribution in [0.25, 0.3) is 0 Å². The summed E-state index contributed by atoms with van der Waals surface area (Å²) in [6.07, 6.45) is 7.41. The maximum absolute atomic E-state index is 12.5. The molecule has 0 amide bonds. The number of unbranched alkanes of at least 4 members (excludes halogenated alkanes) is 1. The first kappa shape index (κ1) is 16.7. The highest BCUT2D eigenvalue weighted by Crippen LogP contribution is 2.40. The molecule has 2 aliphatic rings. The lowest BCUT2D eigenvalue weighted by molar-refractivity contribution is -0.125. The van der Waals surface area contributed by atoms with E-state index in [1.165, 1.54) is 18.4 Å². The Bertz CT molecular complexity index is 488. The summed E-state index contributed by atoms with van der Waals surface area (Å²) in [4.78, 5) is 15.1. The highest BCUT2D eigenvalue weighted by atomic mass is 16.5. The third-order valence-corrected chi connectivity index (χ3v) is 5.57. The molecule has 2 aliphatic heterocycles. The zero-order valence-corrected chi connectivity index (χ0v) is 14.2. The van der Waals surface area contributed by atoms with Crippen molar-refractivity contribution in [1.82, 2.24) is 4.90 Å². The summed E-state index contributed by atoms with van der Waals surface area (Å²) in [6, 6.07) is 12.0. The standard InChI is InChI=1S/C20H29NO2/c1-23-12-6-5-9-20(22)17-13-18-10-11-19(14-17)21(18)15-16-7-3-2-4-8-16/h2-4,7-8,17-19H,5-6,9-15H2,1H3. The van der Waals surface area contributed by atoms with Gasteiger partial charge in [-0.05, 0) is 44.1 Å². The van der Waals surface area contributed by atoms with Crippen molar-refractivity contribution in [2.45, 2.75) is 63.6 Å². The van der Waals surface area contributed by atoms with Gasteiger partial charge in [0.1, 0.15) is 5.78 Å². The minimum absolute atomic E-state index is 0.307.